The molecule has 1 saturated heterocycles. The smallest absolute Gasteiger partial charge is 0.258 e. The highest BCUT2D eigenvalue weighted by Crippen LogP contribution is 2.24. The largest absolute Gasteiger partial charge is 0.487 e. The highest BCUT2D eigenvalue weighted by molar-refractivity contribution is 5.99. The lowest BCUT2D eigenvalue weighted by molar-refractivity contribution is -0.123. The molecule has 2 amide bonds. The van der Waals surface area contributed by atoms with Crippen molar-refractivity contribution in [3.63, 3.8) is 0 Å². The van der Waals surface area contributed by atoms with E-state index in [0.29, 0.717) is 24.4 Å². The third kappa shape index (κ3) is 3.50. The summed E-state index contributed by atoms with van der Waals surface area (Å²) in [6.07, 6.45) is 0. The van der Waals surface area contributed by atoms with Gasteiger partial charge in [-0.1, -0.05) is 12.1 Å². The second-order valence-corrected chi connectivity index (χ2v) is 5.79. The van der Waals surface area contributed by atoms with Crippen molar-refractivity contribution in [2.24, 2.45) is 0 Å². The lowest BCUT2D eigenvalue weighted by Crippen LogP contribution is -2.50. The summed E-state index contributed by atoms with van der Waals surface area (Å²) >= 11 is 0. The van der Waals surface area contributed by atoms with Gasteiger partial charge in [-0.2, -0.15) is 0 Å². The summed E-state index contributed by atoms with van der Waals surface area (Å²) in [5.74, 6) is 0.259. The number of rotatable bonds is 2. The summed E-state index contributed by atoms with van der Waals surface area (Å²) in [4.78, 5) is 25.4. The van der Waals surface area contributed by atoms with Crippen molar-refractivity contribution in [2.75, 3.05) is 19.6 Å². The molecule has 0 radical (unpaired) electrons. The first kappa shape index (κ1) is 14.4. The quantitative estimate of drug-likeness (QED) is 0.889. The fourth-order valence-corrected chi connectivity index (χ4v) is 2.04. The summed E-state index contributed by atoms with van der Waals surface area (Å²) in [6, 6.07) is 7.14. The maximum atomic E-state index is 12.5. The molecule has 20 heavy (non-hydrogen) atoms. The van der Waals surface area contributed by atoms with Crippen LogP contribution in [0.1, 0.15) is 31.1 Å². The normalized spacial score (nSPS) is 15.8. The highest BCUT2D eigenvalue weighted by atomic mass is 16.5. The maximum Gasteiger partial charge on any atom is 0.258 e. The van der Waals surface area contributed by atoms with E-state index in [-0.39, 0.29) is 24.0 Å². The fourth-order valence-electron chi connectivity index (χ4n) is 2.04. The van der Waals surface area contributed by atoms with E-state index in [0.717, 1.165) is 0 Å². The molecule has 2 rings (SSSR count). The van der Waals surface area contributed by atoms with E-state index in [1.165, 1.54) is 0 Å². The van der Waals surface area contributed by atoms with Gasteiger partial charge in [0, 0.05) is 13.1 Å². The third-order valence-electron chi connectivity index (χ3n) is 2.86. The standard InChI is InChI=1S/C15H20N2O3/c1-15(2,3)20-12-7-5-4-6-11(12)14(19)17-9-8-16-13(18)10-17/h4-7H,8-10H2,1-3H3,(H,16,18). The van der Waals surface area contributed by atoms with Crippen LogP contribution in [0.15, 0.2) is 24.3 Å². The van der Waals surface area contributed by atoms with Crippen molar-refractivity contribution in [1.29, 1.82) is 0 Å². The Bertz CT molecular complexity index is 520. The Labute approximate surface area is 118 Å². The van der Waals surface area contributed by atoms with Gasteiger partial charge in [0.15, 0.2) is 0 Å². The Kier molecular flexibility index (Phi) is 3.97. The van der Waals surface area contributed by atoms with Crippen LogP contribution in [0.3, 0.4) is 0 Å². The van der Waals surface area contributed by atoms with Crippen LogP contribution in [-0.4, -0.2) is 41.9 Å². The van der Waals surface area contributed by atoms with Gasteiger partial charge in [-0.05, 0) is 32.9 Å². The zero-order valence-corrected chi connectivity index (χ0v) is 12.1. The van der Waals surface area contributed by atoms with E-state index in [1.807, 2.05) is 26.8 Å². The molecule has 1 fully saturated rings. The molecule has 1 aromatic rings. The number of piperazine rings is 1. The van der Waals surface area contributed by atoms with E-state index < -0.39 is 0 Å². The van der Waals surface area contributed by atoms with Crippen molar-refractivity contribution >= 4 is 11.8 Å². The van der Waals surface area contributed by atoms with Crippen LogP contribution < -0.4 is 10.1 Å². The molecular weight excluding hydrogens is 256 g/mol. The Morgan fingerprint density at radius 1 is 1.30 bits per heavy atom. The predicted octanol–water partition coefficient (Wildman–Crippen LogP) is 1.44. The van der Waals surface area contributed by atoms with E-state index in [1.54, 1.807) is 23.1 Å². The minimum atomic E-state index is -0.379. The zero-order valence-electron chi connectivity index (χ0n) is 12.1. The summed E-state index contributed by atoms with van der Waals surface area (Å²) < 4.78 is 5.82. The fraction of sp³-hybridized carbons (Fsp3) is 0.467. The summed E-state index contributed by atoms with van der Waals surface area (Å²) in [5, 5.41) is 2.71. The second kappa shape index (κ2) is 5.53. The van der Waals surface area contributed by atoms with Gasteiger partial charge >= 0.3 is 0 Å². The zero-order chi connectivity index (χ0) is 14.8. The monoisotopic (exact) mass is 276 g/mol. The van der Waals surface area contributed by atoms with Crippen LogP contribution in [0.5, 0.6) is 5.75 Å². The molecule has 0 atom stereocenters. The summed E-state index contributed by atoms with van der Waals surface area (Å²) in [6.45, 7) is 6.91. The van der Waals surface area contributed by atoms with Gasteiger partial charge in [0.05, 0.1) is 12.1 Å². The molecule has 0 bridgehead atoms. The van der Waals surface area contributed by atoms with Crippen molar-refractivity contribution in [2.45, 2.75) is 26.4 Å². The number of para-hydroxylation sites is 1. The SMILES string of the molecule is CC(C)(C)Oc1ccccc1C(=O)N1CCNC(=O)C1. The number of nitrogens with one attached hydrogen (secondary N) is 1. The Hall–Kier alpha value is -2.04. The molecule has 0 spiro atoms. The number of amides is 2. The first-order valence-corrected chi connectivity index (χ1v) is 6.71. The molecular formula is C15H20N2O3. The molecule has 1 heterocycles. The number of nitrogens with zero attached hydrogens (tertiary/aromatic N) is 1. The molecule has 0 saturated carbocycles. The first-order valence-electron chi connectivity index (χ1n) is 6.71. The van der Waals surface area contributed by atoms with Crippen molar-refractivity contribution in [3.05, 3.63) is 29.8 Å². The molecule has 5 heteroatoms. The first-order chi connectivity index (χ1) is 9.37. The maximum absolute atomic E-state index is 12.5. The van der Waals surface area contributed by atoms with Gasteiger partial charge in [-0.15, -0.1) is 0 Å². The number of carbonyl (C=O) groups is 2. The Morgan fingerprint density at radius 2 is 2.00 bits per heavy atom. The molecule has 1 aromatic carbocycles. The highest BCUT2D eigenvalue weighted by Gasteiger charge is 2.25. The van der Waals surface area contributed by atoms with Crippen molar-refractivity contribution < 1.29 is 14.3 Å². The predicted molar refractivity (Wildman–Crippen MR) is 75.7 cm³/mol. The Morgan fingerprint density at radius 3 is 2.65 bits per heavy atom. The minimum Gasteiger partial charge on any atom is -0.487 e. The van der Waals surface area contributed by atoms with Crippen LogP contribution in [-0.2, 0) is 4.79 Å². The average Bonchev–Trinajstić information content (AvgIpc) is 2.37. The second-order valence-electron chi connectivity index (χ2n) is 5.79. The van der Waals surface area contributed by atoms with Crippen LogP contribution in [0.2, 0.25) is 0 Å². The van der Waals surface area contributed by atoms with E-state index in [9.17, 15) is 9.59 Å². The summed E-state index contributed by atoms with van der Waals surface area (Å²) in [5.41, 5.74) is 0.118. The average molecular weight is 276 g/mol. The minimum absolute atomic E-state index is 0.0999. The van der Waals surface area contributed by atoms with Gasteiger partial charge in [0.1, 0.15) is 11.4 Å². The number of ether oxygens (including phenoxy) is 1. The van der Waals surface area contributed by atoms with Gasteiger partial charge in [0.25, 0.3) is 5.91 Å². The Balaban J connectivity index is 2.23. The molecule has 1 N–H and O–H groups in total. The van der Waals surface area contributed by atoms with Crippen LogP contribution in [0.25, 0.3) is 0 Å². The number of hydrogen-bond acceptors (Lipinski definition) is 3. The molecule has 0 aliphatic carbocycles. The van der Waals surface area contributed by atoms with E-state index in [2.05, 4.69) is 5.32 Å². The van der Waals surface area contributed by atoms with Crippen molar-refractivity contribution in [3.8, 4) is 5.75 Å². The van der Waals surface area contributed by atoms with Gasteiger partial charge in [-0.25, -0.2) is 0 Å². The van der Waals surface area contributed by atoms with Crippen molar-refractivity contribution in [1.82, 2.24) is 10.2 Å². The molecule has 5 nitrogen and oxygen atoms in total. The lowest BCUT2D eigenvalue weighted by atomic mass is 10.1. The topological polar surface area (TPSA) is 58.6 Å². The van der Waals surface area contributed by atoms with E-state index >= 15 is 0 Å². The van der Waals surface area contributed by atoms with Gasteiger partial charge in [-0.3, -0.25) is 9.59 Å². The number of carbonyl (C=O) groups excluding carboxylic acids is 2. The van der Waals surface area contributed by atoms with Crippen LogP contribution >= 0.6 is 0 Å². The number of hydrogen-bond donors (Lipinski definition) is 1. The van der Waals surface area contributed by atoms with Crippen LogP contribution in [0, 0.1) is 0 Å². The van der Waals surface area contributed by atoms with E-state index in [4.69, 9.17) is 4.74 Å². The molecule has 108 valence electrons. The third-order valence-corrected chi connectivity index (χ3v) is 2.86. The van der Waals surface area contributed by atoms with Gasteiger partial charge < -0.3 is 15.0 Å². The molecule has 0 aromatic heterocycles. The molecule has 1 aliphatic heterocycles. The number of benzene rings is 1. The van der Waals surface area contributed by atoms with Crippen LogP contribution in [0.4, 0.5) is 0 Å². The van der Waals surface area contributed by atoms with Gasteiger partial charge in [0.2, 0.25) is 5.91 Å². The summed E-state index contributed by atoms with van der Waals surface area (Å²) in [7, 11) is 0. The molecule has 1 aliphatic rings. The molecule has 0 unspecified atom stereocenters. The lowest BCUT2D eigenvalue weighted by Gasteiger charge is -2.28.